The fraction of sp³-hybridized carbons (Fsp3) is 0.636. The molecule has 60 valence electrons. The average Bonchev–Trinajstić information content (AvgIpc) is 2.47. The molecule has 0 aromatic rings. The molecule has 0 nitrogen and oxygen atoms in total. The third-order valence-electron chi connectivity index (χ3n) is 3.06. The molecule has 0 amide bonds. The summed E-state index contributed by atoms with van der Waals surface area (Å²) >= 11 is 0. The molecule has 0 fully saturated rings. The Hall–Kier alpha value is -0.520. The Morgan fingerprint density at radius 3 is 3.18 bits per heavy atom. The molecule has 2 rings (SSSR count). The van der Waals surface area contributed by atoms with Crippen LogP contribution in [-0.2, 0) is 0 Å². The van der Waals surface area contributed by atoms with Crippen LogP contribution >= 0.6 is 0 Å². The highest BCUT2D eigenvalue weighted by molar-refractivity contribution is 5.34. The lowest BCUT2D eigenvalue weighted by Crippen LogP contribution is -1.98. The van der Waals surface area contributed by atoms with Gasteiger partial charge in [0.05, 0.1) is 0 Å². The summed E-state index contributed by atoms with van der Waals surface area (Å²) in [6, 6.07) is 0. The van der Waals surface area contributed by atoms with E-state index in [-0.39, 0.29) is 0 Å². The van der Waals surface area contributed by atoms with E-state index in [0.29, 0.717) is 0 Å². The molecular weight excluding hydrogens is 132 g/mol. The third kappa shape index (κ3) is 1.15. The average molecular weight is 148 g/mol. The summed E-state index contributed by atoms with van der Waals surface area (Å²) in [6.07, 6.45) is 11.5. The molecule has 2 aliphatic rings. The maximum atomic E-state index is 2.36. The molecule has 0 spiro atoms. The number of allylic oxidation sites excluding steroid dienone is 4. The first-order valence-corrected chi connectivity index (χ1v) is 4.80. The van der Waals surface area contributed by atoms with Crippen LogP contribution < -0.4 is 0 Å². The van der Waals surface area contributed by atoms with Crippen molar-refractivity contribution in [3.8, 4) is 0 Å². The smallest absolute Gasteiger partial charge is 0.0197 e. The van der Waals surface area contributed by atoms with Crippen LogP contribution in [0.1, 0.15) is 39.0 Å². The van der Waals surface area contributed by atoms with Crippen molar-refractivity contribution in [1.29, 1.82) is 0 Å². The molecule has 0 saturated carbocycles. The molecule has 0 radical (unpaired) electrons. The lowest BCUT2D eigenvalue weighted by molar-refractivity contribution is 0.567. The highest BCUT2D eigenvalue weighted by atomic mass is 14.3. The zero-order valence-electron chi connectivity index (χ0n) is 7.27. The van der Waals surface area contributed by atoms with Gasteiger partial charge in [-0.25, -0.2) is 0 Å². The first-order chi connectivity index (χ1) is 5.42. The SMILES string of the molecule is CCC1CCC2=C1CCC=C2. The van der Waals surface area contributed by atoms with E-state index in [4.69, 9.17) is 0 Å². The topological polar surface area (TPSA) is 0 Å². The summed E-state index contributed by atoms with van der Waals surface area (Å²) in [6.45, 7) is 2.32. The molecular formula is C11H16. The van der Waals surface area contributed by atoms with E-state index in [1.54, 1.807) is 11.1 Å². The molecule has 0 aliphatic heterocycles. The van der Waals surface area contributed by atoms with Gasteiger partial charge in [-0.2, -0.15) is 0 Å². The van der Waals surface area contributed by atoms with Crippen molar-refractivity contribution in [3.05, 3.63) is 23.3 Å². The first-order valence-electron chi connectivity index (χ1n) is 4.80. The van der Waals surface area contributed by atoms with Crippen LogP contribution in [0.4, 0.5) is 0 Å². The van der Waals surface area contributed by atoms with E-state index >= 15 is 0 Å². The molecule has 0 bridgehead atoms. The van der Waals surface area contributed by atoms with Crippen LogP contribution in [0.5, 0.6) is 0 Å². The predicted molar refractivity (Wildman–Crippen MR) is 48.4 cm³/mol. The lowest BCUT2D eigenvalue weighted by Gasteiger charge is -2.14. The van der Waals surface area contributed by atoms with Crippen LogP contribution in [0.3, 0.4) is 0 Å². The second-order valence-corrected chi connectivity index (χ2v) is 3.64. The minimum absolute atomic E-state index is 0.940. The standard InChI is InChI=1S/C11H16/c1-2-9-7-8-10-5-3-4-6-11(9)10/h3,5,9H,2,4,6-8H2,1H3. The van der Waals surface area contributed by atoms with E-state index in [2.05, 4.69) is 19.1 Å². The minimum Gasteiger partial charge on any atom is -0.0839 e. The molecule has 0 heterocycles. The summed E-state index contributed by atoms with van der Waals surface area (Å²) in [4.78, 5) is 0. The first kappa shape index (κ1) is 7.15. The van der Waals surface area contributed by atoms with Gasteiger partial charge in [0.15, 0.2) is 0 Å². The molecule has 1 unspecified atom stereocenters. The summed E-state index contributed by atoms with van der Waals surface area (Å²) in [7, 11) is 0. The van der Waals surface area contributed by atoms with Crippen molar-refractivity contribution in [3.63, 3.8) is 0 Å². The maximum absolute atomic E-state index is 2.36. The quantitative estimate of drug-likeness (QED) is 0.534. The minimum atomic E-state index is 0.940. The molecule has 0 heteroatoms. The van der Waals surface area contributed by atoms with Gasteiger partial charge >= 0.3 is 0 Å². The molecule has 0 aromatic carbocycles. The Morgan fingerprint density at radius 2 is 2.36 bits per heavy atom. The van der Waals surface area contributed by atoms with E-state index in [1.807, 2.05) is 0 Å². The van der Waals surface area contributed by atoms with E-state index in [0.717, 1.165) is 5.92 Å². The van der Waals surface area contributed by atoms with Crippen molar-refractivity contribution in [2.45, 2.75) is 39.0 Å². The molecule has 0 N–H and O–H groups in total. The Labute approximate surface area is 69.0 Å². The van der Waals surface area contributed by atoms with Crippen molar-refractivity contribution < 1.29 is 0 Å². The fourth-order valence-electron chi connectivity index (χ4n) is 2.40. The van der Waals surface area contributed by atoms with E-state index in [9.17, 15) is 0 Å². The van der Waals surface area contributed by atoms with Crippen LogP contribution in [0.25, 0.3) is 0 Å². The molecule has 2 aliphatic carbocycles. The van der Waals surface area contributed by atoms with Gasteiger partial charge in [-0.15, -0.1) is 0 Å². The number of hydrogen-bond acceptors (Lipinski definition) is 0. The van der Waals surface area contributed by atoms with Crippen molar-refractivity contribution in [2.24, 2.45) is 5.92 Å². The molecule has 1 atom stereocenters. The number of hydrogen-bond donors (Lipinski definition) is 0. The fourth-order valence-corrected chi connectivity index (χ4v) is 2.40. The van der Waals surface area contributed by atoms with Crippen molar-refractivity contribution in [1.82, 2.24) is 0 Å². The van der Waals surface area contributed by atoms with E-state index in [1.165, 1.54) is 32.1 Å². The predicted octanol–water partition coefficient (Wildman–Crippen LogP) is 3.45. The van der Waals surface area contributed by atoms with E-state index < -0.39 is 0 Å². The van der Waals surface area contributed by atoms with Gasteiger partial charge < -0.3 is 0 Å². The Bertz CT molecular complexity index is 208. The number of rotatable bonds is 1. The summed E-state index contributed by atoms with van der Waals surface area (Å²) in [5, 5.41) is 0. The van der Waals surface area contributed by atoms with Crippen LogP contribution in [0.2, 0.25) is 0 Å². The van der Waals surface area contributed by atoms with Gasteiger partial charge in [0.2, 0.25) is 0 Å². The second-order valence-electron chi connectivity index (χ2n) is 3.64. The zero-order chi connectivity index (χ0) is 7.68. The van der Waals surface area contributed by atoms with Crippen LogP contribution in [0.15, 0.2) is 23.3 Å². The van der Waals surface area contributed by atoms with Gasteiger partial charge in [0, 0.05) is 0 Å². The molecule has 0 aromatic heterocycles. The molecule has 0 saturated heterocycles. The Morgan fingerprint density at radius 1 is 1.45 bits per heavy atom. The highest BCUT2D eigenvalue weighted by Crippen LogP contribution is 2.39. The Kier molecular flexibility index (Phi) is 1.85. The summed E-state index contributed by atoms with van der Waals surface area (Å²) in [5.74, 6) is 0.940. The van der Waals surface area contributed by atoms with Gasteiger partial charge in [0.1, 0.15) is 0 Å². The van der Waals surface area contributed by atoms with Crippen molar-refractivity contribution >= 4 is 0 Å². The summed E-state index contributed by atoms with van der Waals surface area (Å²) in [5.41, 5.74) is 3.46. The normalized spacial score (nSPS) is 29.4. The monoisotopic (exact) mass is 148 g/mol. The maximum Gasteiger partial charge on any atom is -0.0197 e. The van der Waals surface area contributed by atoms with Crippen LogP contribution in [0, 0.1) is 5.92 Å². The zero-order valence-corrected chi connectivity index (χ0v) is 7.27. The van der Waals surface area contributed by atoms with Gasteiger partial charge in [-0.05, 0) is 43.6 Å². The van der Waals surface area contributed by atoms with Gasteiger partial charge in [-0.1, -0.05) is 24.6 Å². The lowest BCUT2D eigenvalue weighted by atomic mass is 9.92. The second kappa shape index (κ2) is 2.84. The largest absolute Gasteiger partial charge is 0.0839 e. The van der Waals surface area contributed by atoms with Gasteiger partial charge in [-0.3, -0.25) is 0 Å². The summed E-state index contributed by atoms with van der Waals surface area (Å²) < 4.78 is 0. The Balaban J connectivity index is 2.22. The van der Waals surface area contributed by atoms with Crippen LogP contribution in [-0.4, -0.2) is 0 Å². The molecule has 11 heavy (non-hydrogen) atoms. The van der Waals surface area contributed by atoms with Gasteiger partial charge in [0.25, 0.3) is 0 Å². The van der Waals surface area contributed by atoms with Crippen molar-refractivity contribution in [2.75, 3.05) is 0 Å². The highest BCUT2D eigenvalue weighted by Gasteiger charge is 2.23. The third-order valence-corrected chi connectivity index (χ3v) is 3.06.